The maximum atomic E-state index is 8.91. The van der Waals surface area contributed by atoms with Crippen molar-refractivity contribution in [3.8, 4) is 11.1 Å². The molecule has 0 aliphatic rings. The molecule has 0 saturated carbocycles. The molecule has 0 aromatic heterocycles. The summed E-state index contributed by atoms with van der Waals surface area (Å²) in [6, 6.07) is 20.8. The molecule has 1 unspecified atom stereocenters. The van der Waals surface area contributed by atoms with Crippen molar-refractivity contribution in [2.24, 2.45) is 0 Å². The second-order valence-corrected chi connectivity index (χ2v) is 4.28. The first-order chi connectivity index (χ1) is 7.70. The lowest BCUT2D eigenvalue weighted by molar-refractivity contribution is 0.518. The topological polar surface area (TPSA) is 37.3 Å². The van der Waals surface area contributed by atoms with Gasteiger partial charge in [0.15, 0.2) is 0 Å². The first-order valence-electron chi connectivity index (χ1n) is 4.62. The average Bonchev–Trinajstić information content (AvgIpc) is 2.31. The molecule has 16 heavy (non-hydrogen) atoms. The van der Waals surface area contributed by atoms with Gasteiger partial charge in [-0.15, -0.1) is 4.89 Å². The van der Waals surface area contributed by atoms with Gasteiger partial charge in [-0.1, -0.05) is 60.7 Å². The van der Waals surface area contributed by atoms with Crippen molar-refractivity contribution in [1.82, 2.24) is 0 Å². The highest BCUT2D eigenvalue weighted by atomic mass is 35.7. The molecule has 0 saturated heterocycles. The SMILES string of the molecule is O=[P+](O)Cl.c1ccc(-c2ccccc2)cc1. The average molecular weight is 254 g/mol. The molecule has 82 valence electrons. The highest BCUT2D eigenvalue weighted by Gasteiger charge is 1.95. The molecule has 0 heterocycles. The Morgan fingerprint density at radius 3 is 1.31 bits per heavy atom. The van der Waals surface area contributed by atoms with Gasteiger partial charge in [0, 0.05) is 0 Å². The fourth-order valence-electron chi connectivity index (χ4n) is 1.26. The largest absolute Gasteiger partial charge is 0.631 e. The van der Waals surface area contributed by atoms with Crippen LogP contribution < -0.4 is 0 Å². The van der Waals surface area contributed by atoms with Crippen LogP contribution in [-0.2, 0) is 4.57 Å². The van der Waals surface area contributed by atoms with Gasteiger partial charge in [0.25, 0.3) is 0 Å². The fourth-order valence-corrected chi connectivity index (χ4v) is 1.26. The van der Waals surface area contributed by atoms with Crippen LogP contribution in [0.25, 0.3) is 11.1 Å². The Bertz CT molecular complexity index is 390. The van der Waals surface area contributed by atoms with Gasteiger partial charge in [0.1, 0.15) is 0 Å². The van der Waals surface area contributed by atoms with E-state index in [2.05, 4.69) is 59.8 Å². The summed E-state index contributed by atoms with van der Waals surface area (Å²) in [5.74, 6) is 0. The third-order valence-electron chi connectivity index (χ3n) is 1.88. The van der Waals surface area contributed by atoms with E-state index in [4.69, 9.17) is 9.46 Å². The summed E-state index contributed by atoms with van der Waals surface area (Å²) in [5.41, 5.74) is 2.55. The zero-order chi connectivity index (χ0) is 11.8. The lowest BCUT2D eigenvalue weighted by Crippen LogP contribution is -1.73. The molecular formula is C12H11ClO2P+. The Labute approximate surface area is 100 Å². The minimum absolute atomic E-state index is 1.28. The number of halogens is 1. The third kappa shape index (κ3) is 5.04. The van der Waals surface area contributed by atoms with Gasteiger partial charge in [0.05, 0.1) is 0 Å². The lowest BCUT2D eigenvalue weighted by Gasteiger charge is -1.98. The molecule has 0 bridgehead atoms. The molecular weight excluding hydrogens is 243 g/mol. The second kappa shape index (κ2) is 7.13. The monoisotopic (exact) mass is 253 g/mol. The van der Waals surface area contributed by atoms with E-state index in [0.29, 0.717) is 0 Å². The van der Waals surface area contributed by atoms with E-state index in [1.54, 1.807) is 0 Å². The van der Waals surface area contributed by atoms with Crippen LogP contribution in [0.15, 0.2) is 60.7 Å². The Kier molecular flexibility index (Phi) is 5.73. The molecule has 0 aliphatic carbocycles. The summed E-state index contributed by atoms with van der Waals surface area (Å²) in [6.45, 7) is 0. The Morgan fingerprint density at radius 2 is 1.06 bits per heavy atom. The van der Waals surface area contributed by atoms with Crippen LogP contribution in [0.3, 0.4) is 0 Å². The van der Waals surface area contributed by atoms with Gasteiger partial charge in [-0.05, 0) is 15.7 Å². The summed E-state index contributed by atoms with van der Waals surface area (Å²) < 4.78 is 8.91. The molecule has 0 amide bonds. The number of benzene rings is 2. The van der Waals surface area contributed by atoms with E-state index < -0.39 is 7.38 Å². The third-order valence-corrected chi connectivity index (χ3v) is 1.88. The molecule has 0 spiro atoms. The zero-order valence-corrected chi connectivity index (χ0v) is 10.1. The highest BCUT2D eigenvalue weighted by Crippen LogP contribution is 2.17. The molecule has 2 nitrogen and oxygen atoms in total. The van der Waals surface area contributed by atoms with Crippen molar-refractivity contribution in [2.75, 3.05) is 0 Å². The van der Waals surface area contributed by atoms with Crippen LogP contribution in [0, 0.1) is 0 Å². The Hall–Kier alpha value is -1.21. The van der Waals surface area contributed by atoms with E-state index in [-0.39, 0.29) is 0 Å². The normalized spacial score (nSPS) is 10.0. The predicted octanol–water partition coefficient (Wildman–Crippen LogP) is 4.23. The summed E-state index contributed by atoms with van der Waals surface area (Å²) in [7, 11) is -2.40. The molecule has 1 atom stereocenters. The van der Waals surface area contributed by atoms with Crippen molar-refractivity contribution in [2.45, 2.75) is 0 Å². The van der Waals surface area contributed by atoms with E-state index in [0.717, 1.165) is 0 Å². The Balaban J connectivity index is 0.000000280. The van der Waals surface area contributed by atoms with Crippen molar-refractivity contribution in [3.05, 3.63) is 60.7 Å². The summed E-state index contributed by atoms with van der Waals surface area (Å²) in [4.78, 5) is 7.33. The van der Waals surface area contributed by atoms with Gasteiger partial charge in [-0.2, -0.15) is 0 Å². The Morgan fingerprint density at radius 1 is 0.812 bits per heavy atom. The van der Waals surface area contributed by atoms with Crippen LogP contribution in [0.2, 0.25) is 0 Å². The maximum Gasteiger partial charge on any atom is 0.631 e. The minimum atomic E-state index is -2.40. The van der Waals surface area contributed by atoms with Crippen molar-refractivity contribution < 1.29 is 9.46 Å². The van der Waals surface area contributed by atoms with Crippen LogP contribution in [0.1, 0.15) is 0 Å². The minimum Gasteiger partial charge on any atom is -0.145 e. The zero-order valence-electron chi connectivity index (χ0n) is 8.45. The summed E-state index contributed by atoms with van der Waals surface area (Å²) >= 11 is 4.34. The highest BCUT2D eigenvalue weighted by molar-refractivity contribution is 7.68. The molecule has 0 aliphatic heterocycles. The van der Waals surface area contributed by atoms with Gasteiger partial charge < -0.3 is 0 Å². The van der Waals surface area contributed by atoms with Crippen molar-refractivity contribution in [3.63, 3.8) is 0 Å². The maximum absolute atomic E-state index is 8.91. The fraction of sp³-hybridized carbons (Fsp3) is 0. The van der Waals surface area contributed by atoms with Crippen LogP contribution in [0.4, 0.5) is 0 Å². The number of rotatable bonds is 1. The number of hydrogen-bond donors (Lipinski definition) is 1. The molecule has 2 rings (SSSR count). The predicted molar refractivity (Wildman–Crippen MR) is 67.6 cm³/mol. The quantitative estimate of drug-likeness (QED) is 0.772. The van der Waals surface area contributed by atoms with Gasteiger partial charge in [-0.25, -0.2) is 0 Å². The number of hydrogen-bond acceptors (Lipinski definition) is 1. The first-order valence-corrected chi connectivity index (χ1v) is 6.74. The smallest absolute Gasteiger partial charge is 0.145 e. The van der Waals surface area contributed by atoms with Crippen molar-refractivity contribution in [1.29, 1.82) is 0 Å². The van der Waals surface area contributed by atoms with E-state index >= 15 is 0 Å². The van der Waals surface area contributed by atoms with Crippen LogP contribution in [0.5, 0.6) is 0 Å². The molecule has 0 fully saturated rings. The van der Waals surface area contributed by atoms with Gasteiger partial charge >= 0.3 is 7.38 Å². The second-order valence-electron chi connectivity index (χ2n) is 2.96. The standard InChI is InChI=1S/C12H10.ClO2P/c1-3-7-11(8-4-1)12-9-5-2-6-10-12;1-4(2)3/h1-10H;/p+1. The molecule has 4 heteroatoms. The summed E-state index contributed by atoms with van der Waals surface area (Å²) in [5, 5.41) is 0. The van der Waals surface area contributed by atoms with E-state index in [1.165, 1.54) is 11.1 Å². The lowest BCUT2D eigenvalue weighted by atomic mass is 10.1. The van der Waals surface area contributed by atoms with E-state index in [9.17, 15) is 0 Å². The van der Waals surface area contributed by atoms with Crippen molar-refractivity contribution >= 4 is 18.6 Å². The van der Waals surface area contributed by atoms with Crippen LogP contribution in [-0.4, -0.2) is 4.89 Å². The molecule has 2 aromatic rings. The van der Waals surface area contributed by atoms with Crippen LogP contribution >= 0.6 is 18.6 Å². The van der Waals surface area contributed by atoms with Gasteiger partial charge in [-0.3, -0.25) is 0 Å². The first kappa shape index (κ1) is 12.9. The summed E-state index contributed by atoms with van der Waals surface area (Å²) in [6.07, 6.45) is 0. The molecule has 0 radical (unpaired) electrons. The molecule has 2 aromatic carbocycles. The van der Waals surface area contributed by atoms with Gasteiger partial charge in [0.2, 0.25) is 11.2 Å². The molecule has 1 N–H and O–H groups in total. The van der Waals surface area contributed by atoms with E-state index in [1.807, 2.05) is 12.1 Å².